The summed E-state index contributed by atoms with van der Waals surface area (Å²) in [7, 11) is 0. The van der Waals surface area contributed by atoms with Crippen molar-refractivity contribution >= 4 is 10.9 Å². The molecule has 1 heterocycles. The summed E-state index contributed by atoms with van der Waals surface area (Å²) in [6, 6.07) is 11.4. The van der Waals surface area contributed by atoms with Crippen molar-refractivity contribution < 1.29 is 13.2 Å². The Morgan fingerprint density at radius 2 is 1.83 bits per heavy atom. The number of aromatic nitrogens is 1. The van der Waals surface area contributed by atoms with Crippen LogP contribution in [0.2, 0.25) is 0 Å². The van der Waals surface area contributed by atoms with Crippen LogP contribution >= 0.6 is 0 Å². The molecule has 0 saturated carbocycles. The second kappa shape index (κ2) is 5.35. The van der Waals surface area contributed by atoms with Crippen LogP contribution in [0.5, 0.6) is 0 Å². The van der Waals surface area contributed by atoms with Gasteiger partial charge in [0.2, 0.25) is 0 Å². The van der Waals surface area contributed by atoms with Crippen LogP contribution in [0.4, 0.5) is 13.2 Å². The van der Waals surface area contributed by atoms with E-state index < -0.39 is 12.6 Å². The first-order valence-electron chi connectivity index (χ1n) is 5.67. The highest BCUT2D eigenvalue weighted by Gasteiger charge is 2.25. The van der Waals surface area contributed by atoms with Crippen LogP contribution in [0, 0.1) is 0 Å². The maximum atomic E-state index is 11.9. The van der Waals surface area contributed by atoms with E-state index in [0.717, 1.165) is 16.6 Å². The van der Waals surface area contributed by atoms with Crippen LogP contribution < -0.4 is 5.32 Å². The molecule has 0 spiro atoms. The second-order valence-electron chi connectivity index (χ2n) is 4.04. The Morgan fingerprint density at radius 3 is 2.61 bits per heavy atom. The molecule has 0 radical (unpaired) electrons. The SMILES string of the molecule is FC(F)(F)CCNCc1ccc2ccccc2n1. The molecule has 0 aliphatic heterocycles. The molecule has 0 atom stereocenters. The lowest BCUT2D eigenvalue weighted by atomic mass is 10.2. The molecule has 0 aliphatic rings. The number of hydrogen-bond acceptors (Lipinski definition) is 2. The highest BCUT2D eigenvalue weighted by atomic mass is 19.4. The molecule has 1 aromatic heterocycles. The maximum absolute atomic E-state index is 11.9. The third-order valence-electron chi connectivity index (χ3n) is 2.55. The van der Waals surface area contributed by atoms with Gasteiger partial charge in [-0.05, 0) is 12.1 Å². The molecule has 96 valence electrons. The minimum atomic E-state index is -4.11. The Labute approximate surface area is 103 Å². The van der Waals surface area contributed by atoms with Gasteiger partial charge in [-0.3, -0.25) is 4.98 Å². The minimum absolute atomic E-state index is 0.0853. The maximum Gasteiger partial charge on any atom is 0.390 e. The third-order valence-corrected chi connectivity index (χ3v) is 2.55. The van der Waals surface area contributed by atoms with Gasteiger partial charge in [-0.1, -0.05) is 24.3 Å². The largest absolute Gasteiger partial charge is 0.390 e. The van der Waals surface area contributed by atoms with E-state index in [-0.39, 0.29) is 6.54 Å². The summed E-state index contributed by atoms with van der Waals surface area (Å²) < 4.78 is 35.8. The Morgan fingerprint density at radius 1 is 1.06 bits per heavy atom. The average molecular weight is 254 g/mol. The van der Waals surface area contributed by atoms with E-state index in [4.69, 9.17) is 0 Å². The van der Waals surface area contributed by atoms with Gasteiger partial charge in [0.15, 0.2) is 0 Å². The summed E-state index contributed by atoms with van der Waals surface area (Å²) in [4.78, 5) is 4.37. The topological polar surface area (TPSA) is 24.9 Å². The lowest BCUT2D eigenvalue weighted by molar-refractivity contribution is -0.133. The first kappa shape index (κ1) is 12.8. The van der Waals surface area contributed by atoms with Crippen molar-refractivity contribution in [3.8, 4) is 0 Å². The van der Waals surface area contributed by atoms with Crippen molar-refractivity contribution in [1.82, 2.24) is 10.3 Å². The zero-order valence-electron chi connectivity index (χ0n) is 9.67. The number of hydrogen-bond donors (Lipinski definition) is 1. The highest BCUT2D eigenvalue weighted by Crippen LogP contribution is 2.18. The standard InChI is InChI=1S/C13H13F3N2/c14-13(15,16)7-8-17-9-11-6-5-10-3-1-2-4-12(10)18-11/h1-6,17H,7-9H2. The molecule has 1 N–H and O–H groups in total. The quantitative estimate of drug-likeness (QED) is 0.847. The smallest absolute Gasteiger partial charge is 0.311 e. The zero-order valence-corrected chi connectivity index (χ0v) is 9.67. The van der Waals surface area contributed by atoms with E-state index >= 15 is 0 Å². The van der Waals surface area contributed by atoms with Gasteiger partial charge in [0.25, 0.3) is 0 Å². The number of alkyl halides is 3. The molecule has 2 rings (SSSR count). The molecule has 0 bridgehead atoms. The van der Waals surface area contributed by atoms with Gasteiger partial charge >= 0.3 is 6.18 Å². The lowest BCUT2D eigenvalue weighted by Crippen LogP contribution is -2.21. The second-order valence-corrected chi connectivity index (χ2v) is 4.04. The number of para-hydroxylation sites is 1. The van der Waals surface area contributed by atoms with E-state index in [1.54, 1.807) is 0 Å². The number of nitrogens with zero attached hydrogens (tertiary/aromatic N) is 1. The van der Waals surface area contributed by atoms with Gasteiger partial charge in [-0.25, -0.2) is 0 Å². The normalized spacial score (nSPS) is 11.9. The monoisotopic (exact) mass is 254 g/mol. The van der Waals surface area contributed by atoms with Crippen LogP contribution in [0.1, 0.15) is 12.1 Å². The molecule has 0 aliphatic carbocycles. The molecule has 5 heteroatoms. The Balaban J connectivity index is 1.92. The fourth-order valence-corrected chi connectivity index (χ4v) is 1.65. The van der Waals surface area contributed by atoms with Gasteiger partial charge in [-0.15, -0.1) is 0 Å². The Hall–Kier alpha value is -1.62. The fourth-order valence-electron chi connectivity index (χ4n) is 1.65. The predicted molar refractivity (Wildman–Crippen MR) is 64.1 cm³/mol. The van der Waals surface area contributed by atoms with Gasteiger partial charge in [0, 0.05) is 18.5 Å². The van der Waals surface area contributed by atoms with Gasteiger partial charge in [0.05, 0.1) is 17.6 Å². The van der Waals surface area contributed by atoms with Crippen molar-refractivity contribution in [2.45, 2.75) is 19.1 Å². The third kappa shape index (κ3) is 3.70. The fraction of sp³-hybridized carbons (Fsp3) is 0.308. The Bertz CT molecular complexity index is 523. The summed E-state index contributed by atoms with van der Waals surface area (Å²) in [5.41, 5.74) is 1.60. The number of rotatable bonds is 4. The van der Waals surface area contributed by atoms with Crippen molar-refractivity contribution in [2.24, 2.45) is 0 Å². The van der Waals surface area contributed by atoms with E-state index in [0.29, 0.717) is 6.54 Å². The van der Waals surface area contributed by atoms with Crippen molar-refractivity contribution in [3.05, 3.63) is 42.1 Å². The van der Waals surface area contributed by atoms with Gasteiger partial charge in [-0.2, -0.15) is 13.2 Å². The lowest BCUT2D eigenvalue weighted by Gasteiger charge is -2.07. The number of nitrogens with one attached hydrogen (secondary N) is 1. The van der Waals surface area contributed by atoms with Crippen LogP contribution in [-0.4, -0.2) is 17.7 Å². The van der Waals surface area contributed by atoms with Crippen molar-refractivity contribution in [1.29, 1.82) is 0 Å². The van der Waals surface area contributed by atoms with E-state index in [9.17, 15) is 13.2 Å². The molecular weight excluding hydrogens is 241 g/mol. The molecular formula is C13H13F3N2. The molecule has 0 saturated heterocycles. The molecule has 0 fully saturated rings. The van der Waals surface area contributed by atoms with Crippen molar-refractivity contribution in [3.63, 3.8) is 0 Å². The summed E-state index contributed by atoms with van der Waals surface area (Å²) in [6.45, 7) is 0.263. The van der Waals surface area contributed by atoms with E-state index in [1.165, 1.54) is 0 Å². The molecule has 1 aromatic carbocycles. The highest BCUT2D eigenvalue weighted by molar-refractivity contribution is 5.78. The van der Waals surface area contributed by atoms with Gasteiger partial charge in [0.1, 0.15) is 0 Å². The predicted octanol–water partition coefficient (Wildman–Crippen LogP) is 3.28. The Kier molecular flexibility index (Phi) is 3.81. The number of benzene rings is 1. The zero-order chi connectivity index (χ0) is 13.0. The molecule has 2 aromatic rings. The van der Waals surface area contributed by atoms with E-state index in [1.807, 2.05) is 36.4 Å². The summed E-state index contributed by atoms with van der Waals surface area (Å²) in [5.74, 6) is 0. The summed E-state index contributed by atoms with van der Waals surface area (Å²) in [5, 5.41) is 3.76. The summed E-state index contributed by atoms with van der Waals surface area (Å²) >= 11 is 0. The van der Waals surface area contributed by atoms with Crippen LogP contribution in [-0.2, 0) is 6.54 Å². The summed E-state index contributed by atoms with van der Waals surface area (Å²) in [6.07, 6.45) is -4.93. The van der Waals surface area contributed by atoms with Crippen LogP contribution in [0.3, 0.4) is 0 Å². The number of halogens is 3. The first-order valence-corrected chi connectivity index (χ1v) is 5.67. The molecule has 18 heavy (non-hydrogen) atoms. The molecule has 0 amide bonds. The van der Waals surface area contributed by atoms with Crippen molar-refractivity contribution in [2.75, 3.05) is 6.54 Å². The molecule has 0 unspecified atom stereocenters. The van der Waals surface area contributed by atoms with E-state index in [2.05, 4.69) is 10.3 Å². The number of fused-ring (bicyclic) bond motifs is 1. The van der Waals surface area contributed by atoms with Gasteiger partial charge < -0.3 is 5.32 Å². The first-order chi connectivity index (χ1) is 8.54. The average Bonchev–Trinajstić information content (AvgIpc) is 2.33. The number of pyridine rings is 1. The minimum Gasteiger partial charge on any atom is -0.311 e. The van der Waals surface area contributed by atoms with Crippen LogP contribution in [0.15, 0.2) is 36.4 Å². The van der Waals surface area contributed by atoms with Crippen LogP contribution in [0.25, 0.3) is 10.9 Å². The molecule has 2 nitrogen and oxygen atoms in total.